The minimum absolute atomic E-state index is 0.196. The van der Waals surface area contributed by atoms with Crippen LogP contribution in [0.15, 0.2) is 29.3 Å². The summed E-state index contributed by atoms with van der Waals surface area (Å²) in [6.07, 6.45) is 2.14. The Bertz CT molecular complexity index is 577. The molecule has 0 aromatic heterocycles. The molecule has 1 aliphatic heterocycles. The Kier molecular flexibility index (Phi) is 8.93. The normalized spacial score (nSPS) is 17.1. The van der Waals surface area contributed by atoms with Crippen LogP contribution < -0.4 is 10.6 Å². The number of piperazine rings is 1. The maximum absolute atomic E-state index is 4.32. The molecular weight excluding hydrogens is 354 g/mol. The molecule has 1 aliphatic rings. The molecule has 0 bridgehead atoms. The number of rotatable bonds is 8. The van der Waals surface area contributed by atoms with Crippen molar-refractivity contribution in [2.24, 2.45) is 4.99 Å². The number of nitrogens with zero attached hydrogens (tertiary/aromatic N) is 3. The molecule has 27 heavy (non-hydrogen) atoms. The summed E-state index contributed by atoms with van der Waals surface area (Å²) in [5, 5.41) is 6.82. The molecular formula is C21H37N5S. The first-order valence-corrected chi connectivity index (χ1v) is 11.2. The zero-order valence-corrected chi connectivity index (χ0v) is 18.5. The molecule has 0 spiro atoms. The Morgan fingerprint density at radius 3 is 2.19 bits per heavy atom. The highest BCUT2D eigenvalue weighted by Gasteiger charge is 2.16. The average Bonchev–Trinajstić information content (AvgIpc) is 2.70. The SMILES string of the molecule is CCN1CCN(Cc2ccc(CNC(=NC)NCC(C)(C)SC)cc2)CC1. The molecule has 2 N–H and O–H groups in total. The summed E-state index contributed by atoms with van der Waals surface area (Å²) in [6.45, 7) is 15.3. The molecule has 0 saturated carbocycles. The van der Waals surface area contributed by atoms with E-state index in [-0.39, 0.29) is 4.75 Å². The lowest BCUT2D eigenvalue weighted by Crippen LogP contribution is -2.45. The highest BCUT2D eigenvalue weighted by Crippen LogP contribution is 2.19. The van der Waals surface area contributed by atoms with Gasteiger partial charge in [0.1, 0.15) is 0 Å². The molecule has 6 heteroatoms. The van der Waals surface area contributed by atoms with E-state index in [0.29, 0.717) is 0 Å². The van der Waals surface area contributed by atoms with Gasteiger partial charge in [0.05, 0.1) is 0 Å². The average molecular weight is 392 g/mol. The fraction of sp³-hybridized carbons (Fsp3) is 0.667. The van der Waals surface area contributed by atoms with E-state index >= 15 is 0 Å². The lowest BCUT2D eigenvalue weighted by molar-refractivity contribution is 0.132. The van der Waals surface area contributed by atoms with Gasteiger partial charge in [0.2, 0.25) is 0 Å². The summed E-state index contributed by atoms with van der Waals surface area (Å²) in [5.74, 6) is 0.856. The molecule has 152 valence electrons. The number of hydrogen-bond acceptors (Lipinski definition) is 4. The number of nitrogens with one attached hydrogen (secondary N) is 2. The molecule has 1 aromatic carbocycles. The van der Waals surface area contributed by atoms with Crippen LogP contribution in [0, 0.1) is 0 Å². The van der Waals surface area contributed by atoms with Gasteiger partial charge >= 0.3 is 0 Å². The highest BCUT2D eigenvalue weighted by molar-refractivity contribution is 7.99. The zero-order chi connectivity index (χ0) is 19.7. The van der Waals surface area contributed by atoms with Crippen molar-refractivity contribution in [3.05, 3.63) is 35.4 Å². The summed E-state index contributed by atoms with van der Waals surface area (Å²) >= 11 is 1.86. The summed E-state index contributed by atoms with van der Waals surface area (Å²) in [5.41, 5.74) is 2.68. The van der Waals surface area contributed by atoms with Gasteiger partial charge in [-0.3, -0.25) is 9.89 Å². The Balaban J connectivity index is 1.76. The van der Waals surface area contributed by atoms with Crippen LogP contribution in [-0.2, 0) is 13.1 Å². The van der Waals surface area contributed by atoms with E-state index in [1.165, 1.54) is 43.9 Å². The van der Waals surface area contributed by atoms with Gasteiger partial charge in [-0.15, -0.1) is 0 Å². The Labute approximate surface area is 170 Å². The van der Waals surface area contributed by atoms with Gasteiger partial charge in [0, 0.05) is 57.6 Å². The second kappa shape index (κ2) is 10.9. The van der Waals surface area contributed by atoms with Crippen molar-refractivity contribution < 1.29 is 0 Å². The lowest BCUT2D eigenvalue weighted by Gasteiger charge is -2.34. The number of hydrogen-bond donors (Lipinski definition) is 2. The summed E-state index contributed by atoms with van der Waals surface area (Å²) in [7, 11) is 1.82. The van der Waals surface area contributed by atoms with Gasteiger partial charge in [-0.05, 0) is 37.8 Å². The molecule has 2 rings (SSSR count). The smallest absolute Gasteiger partial charge is 0.191 e. The van der Waals surface area contributed by atoms with Crippen LogP contribution in [0.1, 0.15) is 31.9 Å². The largest absolute Gasteiger partial charge is 0.355 e. The molecule has 1 heterocycles. The first-order valence-electron chi connectivity index (χ1n) is 9.98. The summed E-state index contributed by atoms with van der Waals surface area (Å²) in [4.78, 5) is 9.40. The van der Waals surface area contributed by atoms with Crippen LogP contribution >= 0.6 is 11.8 Å². The minimum atomic E-state index is 0.196. The van der Waals surface area contributed by atoms with Gasteiger partial charge < -0.3 is 15.5 Å². The van der Waals surface area contributed by atoms with Crippen molar-refractivity contribution in [2.45, 2.75) is 38.6 Å². The lowest BCUT2D eigenvalue weighted by atomic mass is 10.1. The predicted molar refractivity (Wildman–Crippen MR) is 120 cm³/mol. The van der Waals surface area contributed by atoms with E-state index in [9.17, 15) is 0 Å². The zero-order valence-electron chi connectivity index (χ0n) is 17.7. The standard InChI is InChI=1S/C21H37N5S/c1-6-25-11-13-26(14-12-25)16-19-9-7-18(8-10-19)15-23-20(22-4)24-17-21(2,3)27-5/h7-10H,6,11-17H2,1-5H3,(H2,22,23,24). The van der Waals surface area contributed by atoms with Gasteiger partial charge in [-0.25, -0.2) is 0 Å². The van der Waals surface area contributed by atoms with Crippen molar-refractivity contribution in [3.8, 4) is 0 Å². The van der Waals surface area contributed by atoms with Crippen molar-refractivity contribution in [3.63, 3.8) is 0 Å². The van der Waals surface area contributed by atoms with Crippen LogP contribution in [-0.4, -0.2) is 73.1 Å². The maximum Gasteiger partial charge on any atom is 0.191 e. The third-order valence-electron chi connectivity index (χ3n) is 5.26. The minimum Gasteiger partial charge on any atom is -0.355 e. The molecule has 0 aliphatic carbocycles. The molecule has 1 saturated heterocycles. The van der Waals surface area contributed by atoms with Crippen molar-refractivity contribution in [1.29, 1.82) is 0 Å². The number of guanidine groups is 1. The van der Waals surface area contributed by atoms with Crippen molar-refractivity contribution >= 4 is 17.7 Å². The number of aliphatic imine (C=N–C) groups is 1. The van der Waals surface area contributed by atoms with Gasteiger partial charge in [-0.1, -0.05) is 31.2 Å². The van der Waals surface area contributed by atoms with E-state index < -0.39 is 0 Å². The first-order chi connectivity index (χ1) is 13.0. The van der Waals surface area contributed by atoms with Gasteiger partial charge in [-0.2, -0.15) is 11.8 Å². The number of benzene rings is 1. The van der Waals surface area contributed by atoms with Crippen LogP contribution in [0.5, 0.6) is 0 Å². The van der Waals surface area contributed by atoms with Crippen LogP contribution in [0.25, 0.3) is 0 Å². The molecule has 0 atom stereocenters. The van der Waals surface area contributed by atoms with Crippen LogP contribution in [0.2, 0.25) is 0 Å². The highest BCUT2D eigenvalue weighted by atomic mass is 32.2. The van der Waals surface area contributed by atoms with E-state index in [4.69, 9.17) is 0 Å². The molecule has 1 aromatic rings. The van der Waals surface area contributed by atoms with Crippen molar-refractivity contribution in [1.82, 2.24) is 20.4 Å². The van der Waals surface area contributed by atoms with E-state index in [2.05, 4.69) is 76.7 Å². The Hall–Kier alpha value is -1.24. The van der Waals surface area contributed by atoms with E-state index in [0.717, 1.165) is 25.6 Å². The molecule has 0 amide bonds. The number of thioether (sulfide) groups is 1. The van der Waals surface area contributed by atoms with Crippen molar-refractivity contribution in [2.75, 3.05) is 52.6 Å². The van der Waals surface area contributed by atoms with E-state index in [1.807, 2.05) is 18.8 Å². The molecule has 1 fully saturated rings. The molecule has 0 radical (unpaired) electrons. The Morgan fingerprint density at radius 2 is 1.63 bits per heavy atom. The van der Waals surface area contributed by atoms with E-state index in [1.54, 1.807) is 0 Å². The predicted octanol–water partition coefficient (Wildman–Crippen LogP) is 2.63. The second-order valence-corrected chi connectivity index (χ2v) is 9.28. The summed E-state index contributed by atoms with van der Waals surface area (Å²) < 4.78 is 0.196. The third kappa shape index (κ3) is 7.72. The van der Waals surface area contributed by atoms with Gasteiger partial charge in [0.25, 0.3) is 0 Å². The molecule has 5 nitrogen and oxygen atoms in total. The third-order valence-corrected chi connectivity index (χ3v) is 6.51. The fourth-order valence-electron chi connectivity index (χ4n) is 3.06. The first kappa shape index (κ1) is 22.1. The number of likely N-dealkylation sites (N-methyl/N-ethyl adjacent to an activating group) is 1. The summed E-state index contributed by atoms with van der Waals surface area (Å²) in [6, 6.07) is 8.97. The maximum atomic E-state index is 4.32. The molecule has 0 unspecified atom stereocenters. The second-order valence-electron chi connectivity index (χ2n) is 7.77. The van der Waals surface area contributed by atoms with Crippen LogP contribution in [0.4, 0.5) is 0 Å². The monoisotopic (exact) mass is 391 g/mol. The topological polar surface area (TPSA) is 42.9 Å². The van der Waals surface area contributed by atoms with Crippen LogP contribution in [0.3, 0.4) is 0 Å². The fourth-order valence-corrected chi connectivity index (χ4v) is 3.28. The quantitative estimate of drug-likeness (QED) is 0.527. The Morgan fingerprint density at radius 1 is 1.04 bits per heavy atom. The van der Waals surface area contributed by atoms with Gasteiger partial charge in [0.15, 0.2) is 5.96 Å².